The predicted molar refractivity (Wildman–Crippen MR) is 132 cm³/mol. The van der Waals surface area contributed by atoms with Crippen LogP contribution in [0.4, 0.5) is 0 Å². The number of carbonyl (C=O) groups is 1. The van der Waals surface area contributed by atoms with Crippen molar-refractivity contribution in [2.45, 2.75) is 45.4 Å². The molecule has 1 atom stereocenters. The zero-order chi connectivity index (χ0) is 22.2. The Morgan fingerprint density at radius 1 is 0.719 bits per heavy atom. The molecule has 0 fully saturated rings. The van der Waals surface area contributed by atoms with E-state index in [1.807, 2.05) is 24.3 Å². The lowest BCUT2D eigenvalue weighted by molar-refractivity contribution is -0.118. The second kappa shape index (κ2) is 10.8. The van der Waals surface area contributed by atoms with Crippen molar-refractivity contribution in [3.63, 3.8) is 0 Å². The fraction of sp³-hybridized carbons (Fsp3) is 0.276. The molecule has 0 saturated heterocycles. The zero-order valence-corrected chi connectivity index (χ0v) is 18.7. The molecule has 0 radical (unpaired) electrons. The maximum absolute atomic E-state index is 12.6. The predicted octanol–water partition coefficient (Wildman–Crippen LogP) is 6.25. The number of rotatable bonds is 10. The van der Waals surface area contributed by atoms with Crippen molar-refractivity contribution >= 4 is 17.2 Å². The van der Waals surface area contributed by atoms with Crippen LogP contribution < -0.4 is 0 Å². The normalized spacial score (nSPS) is 15.3. The second-order valence-electron chi connectivity index (χ2n) is 8.42. The third-order valence-electron chi connectivity index (χ3n) is 6.13. The minimum Gasteiger partial charge on any atom is -0.299 e. The van der Waals surface area contributed by atoms with Crippen LogP contribution in [0.1, 0.15) is 48.4 Å². The molecule has 1 aliphatic heterocycles. The highest BCUT2D eigenvalue weighted by Crippen LogP contribution is 2.23. The van der Waals surface area contributed by atoms with Gasteiger partial charge in [0.1, 0.15) is 5.78 Å². The number of benzene rings is 3. The topological polar surface area (TPSA) is 41.8 Å². The maximum Gasteiger partial charge on any atom is 0.137 e. The van der Waals surface area contributed by atoms with Gasteiger partial charge in [0.25, 0.3) is 0 Å². The Bertz CT molecular complexity index is 1080. The minimum absolute atomic E-state index is 0.217. The monoisotopic (exact) mass is 422 g/mol. The minimum atomic E-state index is 0.217. The molecule has 4 rings (SSSR count). The fourth-order valence-corrected chi connectivity index (χ4v) is 4.28. The SMILES string of the molecule is CCC1C(CCC(=O)Cc2ccc(CCc3ccccc3)cc2)=NN=C1c1ccccc1. The Morgan fingerprint density at radius 2 is 1.31 bits per heavy atom. The Morgan fingerprint density at radius 3 is 1.97 bits per heavy atom. The van der Waals surface area contributed by atoms with Gasteiger partial charge in [0, 0.05) is 18.8 Å². The van der Waals surface area contributed by atoms with Crippen LogP contribution in [0.2, 0.25) is 0 Å². The van der Waals surface area contributed by atoms with Crippen molar-refractivity contribution in [2.75, 3.05) is 0 Å². The third kappa shape index (κ3) is 5.67. The van der Waals surface area contributed by atoms with Gasteiger partial charge in [-0.15, -0.1) is 0 Å². The molecule has 1 aliphatic rings. The summed E-state index contributed by atoms with van der Waals surface area (Å²) in [5.41, 5.74) is 6.93. The first-order valence-electron chi connectivity index (χ1n) is 11.6. The molecule has 3 aromatic carbocycles. The summed E-state index contributed by atoms with van der Waals surface area (Å²) in [6.45, 7) is 2.16. The van der Waals surface area contributed by atoms with E-state index in [1.165, 1.54) is 11.1 Å². The van der Waals surface area contributed by atoms with Crippen molar-refractivity contribution in [3.05, 3.63) is 107 Å². The number of hydrogen-bond donors (Lipinski definition) is 0. The van der Waals surface area contributed by atoms with Gasteiger partial charge in [-0.25, -0.2) is 0 Å². The zero-order valence-electron chi connectivity index (χ0n) is 18.7. The van der Waals surface area contributed by atoms with E-state index in [0.29, 0.717) is 19.3 Å². The second-order valence-corrected chi connectivity index (χ2v) is 8.42. The highest BCUT2D eigenvalue weighted by molar-refractivity contribution is 6.17. The Balaban J connectivity index is 1.25. The van der Waals surface area contributed by atoms with E-state index in [-0.39, 0.29) is 11.7 Å². The molecule has 1 heterocycles. The van der Waals surface area contributed by atoms with Crippen molar-refractivity contribution in [1.29, 1.82) is 0 Å². The van der Waals surface area contributed by atoms with Crippen LogP contribution in [0, 0.1) is 5.92 Å². The first kappa shape index (κ1) is 21.9. The van der Waals surface area contributed by atoms with Gasteiger partial charge in [-0.2, -0.15) is 10.2 Å². The largest absolute Gasteiger partial charge is 0.299 e. The lowest BCUT2D eigenvalue weighted by Crippen LogP contribution is -2.21. The summed E-state index contributed by atoms with van der Waals surface area (Å²) in [6, 6.07) is 29.3. The number of nitrogens with zero attached hydrogens (tertiary/aromatic N) is 2. The quantitative estimate of drug-likeness (QED) is 0.381. The van der Waals surface area contributed by atoms with Crippen LogP contribution in [0.3, 0.4) is 0 Å². The van der Waals surface area contributed by atoms with Crippen LogP contribution in [0.5, 0.6) is 0 Å². The van der Waals surface area contributed by atoms with E-state index in [2.05, 4.69) is 77.8 Å². The van der Waals surface area contributed by atoms with Crippen LogP contribution in [0.25, 0.3) is 0 Å². The molecule has 3 nitrogen and oxygen atoms in total. The van der Waals surface area contributed by atoms with Crippen molar-refractivity contribution in [1.82, 2.24) is 0 Å². The van der Waals surface area contributed by atoms with E-state index in [4.69, 9.17) is 0 Å². The molecule has 0 amide bonds. The lowest BCUT2D eigenvalue weighted by atomic mass is 9.88. The molecule has 0 saturated carbocycles. The highest BCUT2D eigenvalue weighted by atomic mass is 16.1. The van der Waals surface area contributed by atoms with E-state index >= 15 is 0 Å². The molecule has 0 aliphatic carbocycles. The number of carbonyl (C=O) groups excluding carboxylic acids is 1. The lowest BCUT2D eigenvalue weighted by Gasteiger charge is -2.13. The average Bonchev–Trinajstić information content (AvgIpc) is 3.26. The van der Waals surface area contributed by atoms with Crippen LogP contribution in [-0.2, 0) is 24.1 Å². The van der Waals surface area contributed by atoms with Gasteiger partial charge < -0.3 is 0 Å². The molecule has 0 bridgehead atoms. The van der Waals surface area contributed by atoms with Crippen LogP contribution in [-0.4, -0.2) is 17.2 Å². The maximum atomic E-state index is 12.6. The van der Waals surface area contributed by atoms with Gasteiger partial charge in [0.2, 0.25) is 0 Å². The summed E-state index contributed by atoms with van der Waals surface area (Å²) >= 11 is 0. The van der Waals surface area contributed by atoms with E-state index in [1.54, 1.807) is 0 Å². The molecule has 32 heavy (non-hydrogen) atoms. The molecule has 3 heteroatoms. The molecule has 0 spiro atoms. The van der Waals surface area contributed by atoms with E-state index < -0.39 is 0 Å². The number of aryl methyl sites for hydroxylation is 2. The molecular formula is C29H30N2O. The first-order valence-corrected chi connectivity index (χ1v) is 11.6. The summed E-state index contributed by atoms with van der Waals surface area (Å²) in [4.78, 5) is 12.6. The molecule has 1 unspecified atom stereocenters. The summed E-state index contributed by atoms with van der Waals surface area (Å²) in [6.07, 6.45) is 4.68. The summed E-state index contributed by atoms with van der Waals surface area (Å²) in [5.74, 6) is 0.474. The van der Waals surface area contributed by atoms with Crippen molar-refractivity contribution < 1.29 is 4.79 Å². The molecular weight excluding hydrogens is 392 g/mol. The van der Waals surface area contributed by atoms with Gasteiger partial charge in [-0.05, 0) is 47.9 Å². The smallest absolute Gasteiger partial charge is 0.137 e. The van der Waals surface area contributed by atoms with Gasteiger partial charge in [-0.1, -0.05) is 91.9 Å². The Hall–Kier alpha value is -3.33. The Labute approximate surface area is 190 Å². The summed E-state index contributed by atoms with van der Waals surface area (Å²) in [5, 5.41) is 8.88. The average molecular weight is 423 g/mol. The fourth-order valence-electron chi connectivity index (χ4n) is 4.28. The Kier molecular flexibility index (Phi) is 7.39. The molecule has 3 aromatic rings. The van der Waals surface area contributed by atoms with Crippen molar-refractivity contribution in [2.24, 2.45) is 16.1 Å². The summed E-state index contributed by atoms with van der Waals surface area (Å²) in [7, 11) is 0. The van der Waals surface area contributed by atoms with Crippen molar-refractivity contribution in [3.8, 4) is 0 Å². The van der Waals surface area contributed by atoms with Gasteiger partial charge in [0.05, 0.1) is 11.4 Å². The van der Waals surface area contributed by atoms with Crippen LogP contribution >= 0.6 is 0 Å². The van der Waals surface area contributed by atoms with Gasteiger partial charge >= 0.3 is 0 Å². The number of hydrogen-bond acceptors (Lipinski definition) is 3. The first-order chi connectivity index (χ1) is 15.7. The van der Waals surface area contributed by atoms with Gasteiger partial charge in [-0.3, -0.25) is 4.79 Å². The highest BCUT2D eigenvalue weighted by Gasteiger charge is 2.26. The van der Waals surface area contributed by atoms with Crippen LogP contribution in [0.15, 0.2) is 95.1 Å². The summed E-state index contributed by atoms with van der Waals surface area (Å²) < 4.78 is 0. The third-order valence-corrected chi connectivity index (χ3v) is 6.13. The molecule has 0 N–H and O–H groups in total. The number of Topliss-reactive ketones (excluding diaryl/α,β-unsaturated/α-hetero) is 1. The standard InChI is InChI=1S/C29H30N2O/c1-2-27-28(30-31-29(27)25-11-7-4-8-12-25)20-19-26(32)21-24-17-15-23(16-18-24)14-13-22-9-5-3-6-10-22/h3-12,15-18,27H,2,13-14,19-21H2,1H3. The van der Waals surface area contributed by atoms with E-state index in [0.717, 1.165) is 41.8 Å². The molecule has 162 valence electrons. The van der Waals surface area contributed by atoms with Gasteiger partial charge in [0.15, 0.2) is 0 Å². The van der Waals surface area contributed by atoms with E-state index in [9.17, 15) is 4.79 Å². The number of ketones is 1. The molecule has 0 aromatic heterocycles.